The number of carbonyl (C=O) groups excluding carboxylic acids is 3. The monoisotopic (exact) mass is 332 g/mol. The highest BCUT2D eigenvalue weighted by atomic mass is 35.5. The van der Waals surface area contributed by atoms with E-state index in [1.807, 2.05) is 0 Å². The molecule has 0 aromatic heterocycles. The van der Waals surface area contributed by atoms with E-state index >= 15 is 0 Å². The third-order valence-electron chi connectivity index (χ3n) is 2.87. The van der Waals surface area contributed by atoms with Crippen LogP contribution in [0.4, 0.5) is 17.1 Å². The van der Waals surface area contributed by atoms with E-state index in [4.69, 9.17) is 23.1 Å². The number of halogens is 1. The van der Waals surface area contributed by atoms with Crippen molar-refractivity contribution in [2.75, 3.05) is 16.4 Å². The van der Waals surface area contributed by atoms with Crippen LogP contribution in [0, 0.1) is 0 Å². The SMILES string of the molecule is NC(=O)c1ccc(NC(=O)C(=O)Nc2ccc(N)cc2Cl)cc1. The number of carbonyl (C=O) groups is 3. The summed E-state index contributed by atoms with van der Waals surface area (Å²) >= 11 is 5.92. The van der Waals surface area contributed by atoms with E-state index < -0.39 is 17.7 Å². The first-order valence-electron chi connectivity index (χ1n) is 6.44. The average Bonchev–Trinajstić information content (AvgIpc) is 2.50. The fraction of sp³-hybridized carbons (Fsp3) is 0. The van der Waals surface area contributed by atoms with Crippen LogP contribution in [-0.2, 0) is 9.59 Å². The standard InChI is InChI=1S/C15H13ClN4O3/c16-11-7-9(17)3-6-12(11)20-15(23)14(22)19-10-4-1-8(2-5-10)13(18)21/h1-7H,17H2,(H2,18,21)(H,19,22)(H,20,23). The van der Waals surface area contributed by atoms with E-state index in [0.29, 0.717) is 16.9 Å². The summed E-state index contributed by atoms with van der Waals surface area (Å²) < 4.78 is 0. The van der Waals surface area contributed by atoms with Gasteiger partial charge in [-0.15, -0.1) is 0 Å². The first-order chi connectivity index (χ1) is 10.9. The second-order valence-electron chi connectivity index (χ2n) is 4.59. The molecule has 0 atom stereocenters. The van der Waals surface area contributed by atoms with Gasteiger partial charge in [0.05, 0.1) is 10.7 Å². The summed E-state index contributed by atoms with van der Waals surface area (Å²) in [4.78, 5) is 34.6. The Morgan fingerprint density at radius 3 is 2.09 bits per heavy atom. The zero-order valence-electron chi connectivity index (χ0n) is 11.8. The highest BCUT2D eigenvalue weighted by Gasteiger charge is 2.15. The molecular formula is C15H13ClN4O3. The lowest BCUT2D eigenvalue weighted by Gasteiger charge is -2.08. The Bertz CT molecular complexity index is 775. The molecule has 0 bridgehead atoms. The van der Waals surface area contributed by atoms with Gasteiger partial charge in [-0.05, 0) is 42.5 Å². The highest BCUT2D eigenvalue weighted by molar-refractivity contribution is 6.44. The summed E-state index contributed by atoms with van der Waals surface area (Å²) in [7, 11) is 0. The second-order valence-corrected chi connectivity index (χ2v) is 5.00. The van der Waals surface area contributed by atoms with Crippen LogP contribution in [0.25, 0.3) is 0 Å². The highest BCUT2D eigenvalue weighted by Crippen LogP contribution is 2.24. The maximum absolute atomic E-state index is 11.8. The quantitative estimate of drug-likeness (QED) is 0.502. The lowest BCUT2D eigenvalue weighted by molar-refractivity contribution is -0.132. The van der Waals surface area contributed by atoms with Gasteiger partial charge in [0.25, 0.3) is 0 Å². The van der Waals surface area contributed by atoms with E-state index in [2.05, 4.69) is 10.6 Å². The van der Waals surface area contributed by atoms with Crippen molar-refractivity contribution in [1.82, 2.24) is 0 Å². The van der Waals surface area contributed by atoms with Crippen LogP contribution in [0.15, 0.2) is 42.5 Å². The van der Waals surface area contributed by atoms with Crippen molar-refractivity contribution >= 4 is 46.4 Å². The first-order valence-corrected chi connectivity index (χ1v) is 6.82. The van der Waals surface area contributed by atoms with Crippen LogP contribution in [0.5, 0.6) is 0 Å². The fourth-order valence-electron chi connectivity index (χ4n) is 1.72. The number of nitrogens with two attached hydrogens (primary N) is 2. The number of primary amides is 1. The summed E-state index contributed by atoms with van der Waals surface area (Å²) in [6.07, 6.45) is 0. The molecule has 0 saturated heterocycles. The zero-order chi connectivity index (χ0) is 17.0. The topological polar surface area (TPSA) is 127 Å². The van der Waals surface area contributed by atoms with Gasteiger partial charge in [0.1, 0.15) is 0 Å². The molecule has 0 spiro atoms. The maximum atomic E-state index is 11.8. The van der Waals surface area contributed by atoms with Crippen LogP contribution in [0.2, 0.25) is 5.02 Å². The third-order valence-corrected chi connectivity index (χ3v) is 3.19. The lowest BCUT2D eigenvalue weighted by atomic mass is 10.2. The number of amides is 3. The molecule has 0 unspecified atom stereocenters. The van der Waals surface area contributed by atoms with Gasteiger partial charge >= 0.3 is 11.8 Å². The molecule has 6 N–H and O–H groups in total. The molecule has 2 aromatic carbocycles. The third kappa shape index (κ3) is 4.21. The zero-order valence-corrected chi connectivity index (χ0v) is 12.6. The number of rotatable bonds is 3. The summed E-state index contributed by atoms with van der Waals surface area (Å²) in [5.74, 6) is -2.36. The van der Waals surface area contributed by atoms with E-state index in [9.17, 15) is 14.4 Å². The van der Waals surface area contributed by atoms with Gasteiger partial charge in [-0.25, -0.2) is 0 Å². The van der Waals surface area contributed by atoms with Gasteiger partial charge in [-0.1, -0.05) is 11.6 Å². The minimum Gasteiger partial charge on any atom is -0.399 e. The molecular weight excluding hydrogens is 320 g/mol. The van der Waals surface area contributed by atoms with Gasteiger partial charge < -0.3 is 22.1 Å². The maximum Gasteiger partial charge on any atom is 0.314 e. The Hall–Kier alpha value is -3.06. The molecule has 8 heteroatoms. The molecule has 0 saturated carbocycles. The van der Waals surface area contributed by atoms with E-state index in [1.165, 1.54) is 36.4 Å². The molecule has 0 heterocycles. The van der Waals surface area contributed by atoms with E-state index in [1.54, 1.807) is 6.07 Å². The van der Waals surface area contributed by atoms with Crippen molar-refractivity contribution in [2.45, 2.75) is 0 Å². The Morgan fingerprint density at radius 1 is 0.913 bits per heavy atom. The average molecular weight is 333 g/mol. The second kappa shape index (κ2) is 6.80. The first kappa shape index (κ1) is 16.3. The van der Waals surface area contributed by atoms with Gasteiger partial charge in [0, 0.05) is 16.9 Å². The van der Waals surface area contributed by atoms with Gasteiger partial charge in [-0.2, -0.15) is 0 Å². The largest absolute Gasteiger partial charge is 0.399 e. The van der Waals surface area contributed by atoms with Crippen molar-refractivity contribution in [3.05, 3.63) is 53.1 Å². The molecule has 23 heavy (non-hydrogen) atoms. The molecule has 0 aliphatic carbocycles. The Morgan fingerprint density at radius 2 is 1.52 bits per heavy atom. The number of hydrogen-bond acceptors (Lipinski definition) is 4. The molecule has 2 aromatic rings. The summed E-state index contributed by atoms with van der Waals surface area (Å²) in [5.41, 5.74) is 12.0. The van der Waals surface area contributed by atoms with Crippen LogP contribution < -0.4 is 22.1 Å². The molecule has 0 aliphatic rings. The predicted molar refractivity (Wildman–Crippen MR) is 88.1 cm³/mol. The van der Waals surface area contributed by atoms with Crippen molar-refractivity contribution in [3.8, 4) is 0 Å². The molecule has 0 radical (unpaired) electrons. The smallest absolute Gasteiger partial charge is 0.314 e. The van der Waals surface area contributed by atoms with Crippen LogP contribution in [0.1, 0.15) is 10.4 Å². The number of hydrogen-bond donors (Lipinski definition) is 4. The number of anilines is 3. The van der Waals surface area contributed by atoms with Gasteiger partial charge in [-0.3, -0.25) is 14.4 Å². The number of nitrogens with one attached hydrogen (secondary N) is 2. The molecule has 7 nitrogen and oxygen atoms in total. The molecule has 3 amide bonds. The van der Waals surface area contributed by atoms with E-state index in [-0.39, 0.29) is 10.7 Å². The van der Waals surface area contributed by atoms with Gasteiger partial charge in [0.15, 0.2) is 0 Å². The lowest BCUT2D eigenvalue weighted by Crippen LogP contribution is -2.29. The summed E-state index contributed by atoms with van der Waals surface area (Å²) in [6, 6.07) is 10.3. The summed E-state index contributed by atoms with van der Waals surface area (Å²) in [6.45, 7) is 0. The number of nitrogen functional groups attached to an aromatic ring is 1. The van der Waals surface area contributed by atoms with Gasteiger partial charge in [0.2, 0.25) is 5.91 Å². The number of benzene rings is 2. The Kier molecular flexibility index (Phi) is 4.82. The fourth-order valence-corrected chi connectivity index (χ4v) is 1.95. The molecule has 118 valence electrons. The minimum absolute atomic E-state index is 0.219. The van der Waals surface area contributed by atoms with Crippen molar-refractivity contribution in [1.29, 1.82) is 0 Å². The van der Waals surface area contributed by atoms with Crippen LogP contribution in [0.3, 0.4) is 0 Å². The van der Waals surface area contributed by atoms with Crippen molar-refractivity contribution in [2.24, 2.45) is 5.73 Å². The summed E-state index contributed by atoms with van der Waals surface area (Å²) in [5, 5.41) is 4.98. The molecule has 0 aliphatic heterocycles. The van der Waals surface area contributed by atoms with Crippen LogP contribution in [-0.4, -0.2) is 17.7 Å². The predicted octanol–water partition coefficient (Wildman–Crippen LogP) is 1.60. The molecule has 2 rings (SSSR count). The Labute approximate surface area is 136 Å². The van der Waals surface area contributed by atoms with Crippen molar-refractivity contribution < 1.29 is 14.4 Å². The van der Waals surface area contributed by atoms with Crippen molar-refractivity contribution in [3.63, 3.8) is 0 Å². The molecule has 0 fully saturated rings. The minimum atomic E-state index is -0.893. The van der Waals surface area contributed by atoms with E-state index in [0.717, 1.165) is 0 Å². The normalized spacial score (nSPS) is 9.96. The van der Waals surface area contributed by atoms with Crippen LogP contribution >= 0.6 is 11.6 Å². The Balaban J connectivity index is 2.02.